The van der Waals surface area contributed by atoms with Crippen LogP contribution in [0.5, 0.6) is 5.75 Å². The van der Waals surface area contributed by atoms with Gasteiger partial charge in [-0.2, -0.15) is 0 Å². The fourth-order valence-corrected chi connectivity index (χ4v) is 2.84. The van der Waals surface area contributed by atoms with E-state index in [0.29, 0.717) is 15.8 Å². The lowest BCUT2D eigenvalue weighted by atomic mass is 10.0. The maximum atomic E-state index is 12.4. The average molecular weight is 434 g/mol. The van der Waals surface area contributed by atoms with Crippen LogP contribution < -0.4 is 10.1 Å². The molecule has 0 radical (unpaired) electrons. The zero-order valence-corrected chi connectivity index (χ0v) is 18.9. The molecule has 1 rings (SSSR count). The highest BCUT2D eigenvalue weighted by Crippen LogP contribution is 2.29. The molecule has 1 amide bonds. The molecule has 6 nitrogen and oxygen atoms in total. The van der Waals surface area contributed by atoms with Crippen molar-refractivity contribution in [2.24, 2.45) is 5.92 Å². The molecule has 0 bridgehead atoms. The van der Waals surface area contributed by atoms with Crippen molar-refractivity contribution < 1.29 is 23.8 Å². The van der Waals surface area contributed by atoms with E-state index in [-0.39, 0.29) is 5.92 Å². The molecule has 28 heavy (non-hydrogen) atoms. The smallest absolute Gasteiger partial charge is 0.408 e. The first-order chi connectivity index (χ1) is 12.8. The Morgan fingerprint density at radius 1 is 1.07 bits per heavy atom. The first-order valence-electron chi connectivity index (χ1n) is 9.12. The summed E-state index contributed by atoms with van der Waals surface area (Å²) < 4.78 is 16.6. The third-order valence-electron chi connectivity index (χ3n) is 3.67. The highest BCUT2D eigenvalue weighted by Gasteiger charge is 2.30. The molecule has 0 aliphatic carbocycles. The Morgan fingerprint density at radius 2 is 1.68 bits per heavy atom. The molecule has 0 aromatic heterocycles. The summed E-state index contributed by atoms with van der Waals surface area (Å²) in [7, 11) is 0. The highest BCUT2D eigenvalue weighted by atomic mass is 35.5. The van der Waals surface area contributed by atoms with Gasteiger partial charge in [0, 0.05) is 5.02 Å². The van der Waals surface area contributed by atoms with E-state index in [2.05, 4.69) is 5.32 Å². The van der Waals surface area contributed by atoms with Gasteiger partial charge in [-0.15, -0.1) is 0 Å². The number of rotatable bonds is 7. The number of ether oxygens (including phenoxy) is 3. The third kappa shape index (κ3) is 8.15. The number of amides is 1. The number of benzene rings is 1. The van der Waals surface area contributed by atoms with Crippen LogP contribution in [0.4, 0.5) is 4.79 Å². The van der Waals surface area contributed by atoms with Gasteiger partial charge in [-0.25, -0.2) is 9.59 Å². The molecule has 0 heterocycles. The second-order valence-electron chi connectivity index (χ2n) is 7.91. The zero-order chi connectivity index (χ0) is 21.6. The number of nitrogens with one attached hydrogen (secondary N) is 1. The Labute approximate surface area is 176 Å². The molecule has 8 heteroatoms. The molecule has 1 aromatic rings. The Morgan fingerprint density at radius 3 is 2.18 bits per heavy atom. The van der Waals surface area contributed by atoms with E-state index in [9.17, 15) is 9.59 Å². The van der Waals surface area contributed by atoms with Crippen LogP contribution in [0.2, 0.25) is 10.0 Å². The lowest BCUT2D eigenvalue weighted by Crippen LogP contribution is -2.46. The highest BCUT2D eigenvalue weighted by molar-refractivity contribution is 6.35. The zero-order valence-electron chi connectivity index (χ0n) is 17.3. The van der Waals surface area contributed by atoms with E-state index >= 15 is 0 Å². The summed E-state index contributed by atoms with van der Waals surface area (Å²) in [6.45, 7) is 12.4. The monoisotopic (exact) mass is 433 g/mol. The summed E-state index contributed by atoms with van der Waals surface area (Å²) in [4.78, 5) is 24.3. The predicted octanol–water partition coefficient (Wildman–Crippen LogP) is 5.24. The van der Waals surface area contributed by atoms with E-state index in [1.54, 1.807) is 45.9 Å². The van der Waals surface area contributed by atoms with Gasteiger partial charge in [0.15, 0.2) is 0 Å². The quantitative estimate of drug-likeness (QED) is 0.594. The second kappa shape index (κ2) is 10.2. The Balaban J connectivity index is 2.74. The minimum absolute atomic E-state index is 0.0289. The van der Waals surface area contributed by atoms with Crippen molar-refractivity contribution in [2.75, 3.05) is 0 Å². The SMILES string of the molecule is CC(C)[C@@H](OC(=O)[C@H](C)NC(=O)OC(C)(C)C)[C@H](C)Oc1ccc(Cl)cc1Cl. The minimum atomic E-state index is -0.873. The number of halogens is 2. The van der Waals surface area contributed by atoms with Crippen LogP contribution in [0.1, 0.15) is 48.5 Å². The van der Waals surface area contributed by atoms with E-state index in [0.717, 1.165) is 0 Å². The minimum Gasteiger partial charge on any atom is -0.485 e. The van der Waals surface area contributed by atoms with Crippen LogP contribution in [-0.2, 0) is 14.3 Å². The summed E-state index contributed by atoms with van der Waals surface area (Å²) in [5.41, 5.74) is -0.658. The molecule has 3 atom stereocenters. The van der Waals surface area contributed by atoms with Gasteiger partial charge in [-0.3, -0.25) is 0 Å². The first-order valence-corrected chi connectivity index (χ1v) is 9.87. The van der Waals surface area contributed by atoms with Gasteiger partial charge in [0.05, 0.1) is 5.02 Å². The van der Waals surface area contributed by atoms with Gasteiger partial charge < -0.3 is 19.5 Å². The van der Waals surface area contributed by atoms with Gasteiger partial charge in [0.2, 0.25) is 0 Å². The molecule has 0 aliphatic rings. The molecule has 1 aromatic carbocycles. The molecule has 0 saturated carbocycles. The van der Waals surface area contributed by atoms with Gasteiger partial charge in [-0.1, -0.05) is 37.0 Å². The largest absolute Gasteiger partial charge is 0.485 e. The van der Waals surface area contributed by atoms with Gasteiger partial charge in [0.1, 0.15) is 29.6 Å². The molecule has 158 valence electrons. The van der Waals surface area contributed by atoms with Crippen molar-refractivity contribution in [3.8, 4) is 5.75 Å². The normalized spacial score (nSPS) is 14.8. The molecular weight excluding hydrogens is 405 g/mol. The van der Waals surface area contributed by atoms with Gasteiger partial charge >= 0.3 is 12.1 Å². The fraction of sp³-hybridized carbons (Fsp3) is 0.600. The fourth-order valence-electron chi connectivity index (χ4n) is 2.39. The van der Waals surface area contributed by atoms with Gasteiger partial charge in [0.25, 0.3) is 0 Å². The Kier molecular flexibility index (Phi) is 8.89. The summed E-state index contributed by atoms with van der Waals surface area (Å²) >= 11 is 12.0. The molecule has 0 fully saturated rings. The standard InChI is InChI=1S/C20H29Cl2NO5/c1-11(2)17(13(4)26-16-9-8-14(21)10-15(16)22)27-18(24)12(3)23-19(25)28-20(5,6)7/h8-13,17H,1-7H3,(H,23,25)/t12-,13-,17+/m0/s1. The molecule has 0 spiro atoms. The van der Waals surface area contributed by atoms with Crippen molar-refractivity contribution in [2.45, 2.75) is 72.3 Å². The van der Waals surface area contributed by atoms with Crippen LogP contribution in [0, 0.1) is 5.92 Å². The lowest BCUT2D eigenvalue weighted by molar-refractivity contribution is -0.158. The number of esters is 1. The van der Waals surface area contributed by atoms with E-state index in [1.807, 2.05) is 13.8 Å². The van der Waals surface area contributed by atoms with Crippen LogP contribution in [-0.4, -0.2) is 35.9 Å². The van der Waals surface area contributed by atoms with E-state index < -0.39 is 35.9 Å². The van der Waals surface area contributed by atoms with Crippen LogP contribution >= 0.6 is 23.2 Å². The van der Waals surface area contributed by atoms with Crippen LogP contribution in [0.3, 0.4) is 0 Å². The lowest BCUT2D eigenvalue weighted by Gasteiger charge is -2.29. The summed E-state index contributed by atoms with van der Waals surface area (Å²) in [5.74, 6) is -0.166. The van der Waals surface area contributed by atoms with Crippen LogP contribution in [0.25, 0.3) is 0 Å². The molecule has 0 aliphatic heterocycles. The van der Waals surface area contributed by atoms with Crippen molar-refractivity contribution in [3.63, 3.8) is 0 Å². The molecular formula is C20H29Cl2NO5. The van der Waals surface area contributed by atoms with Crippen molar-refractivity contribution in [3.05, 3.63) is 28.2 Å². The van der Waals surface area contributed by atoms with Crippen molar-refractivity contribution >= 4 is 35.3 Å². The predicted molar refractivity (Wildman–Crippen MR) is 110 cm³/mol. The molecule has 0 saturated heterocycles. The summed E-state index contributed by atoms with van der Waals surface area (Å²) in [6.07, 6.45) is -1.71. The topological polar surface area (TPSA) is 73.9 Å². The number of alkyl carbamates (subject to hydrolysis) is 1. The van der Waals surface area contributed by atoms with Gasteiger partial charge in [-0.05, 0) is 58.7 Å². The first kappa shape index (κ1) is 24.4. The Hall–Kier alpha value is -1.66. The third-order valence-corrected chi connectivity index (χ3v) is 4.20. The maximum Gasteiger partial charge on any atom is 0.408 e. The summed E-state index contributed by atoms with van der Waals surface area (Å²) in [6, 6.07) is 4.03. The second-order valence-corrected chi connectivity index (χ2v) is 8.75. The number of carbonyl (C=O) groups excluding carboxylic acids is 2. The summed E-state index contributed by atoms with van der Waals surface area (Å²) in [5, 5.41) is 3.34. The maximum absolute atomic E-state index is 12.4. The number of hydrogen-bond acceptors (Lipinski definition) is 5. The van der Waals surface area contributed by atoms with E-state index in [1.165, 1.54) is 6.92 Å². The average Bonchev–Trinajstić information content (AvgIpc) is 2.52. The molecule has 0 unspecified atom stereocenters. The van der Waals surface area contributed by atoms with Crippen LogP contribution in [0.15, 0.2) is 18.2 Å². The van der Waals surface area contributed by atoms with Crippen molar-refractivity contribution in [1.82, 2.24) is 5.32 Å². The molecule has 1 N–H and O–H groups in total. The number of hydrogen-bond donors (Lipinski definition) is 1. The van der Waals surface area contributed by atoms with E-state index in [4.69, 9.17) is 37.4 Å². The number of carbonyl (C=O) groups is 2. The Bertz CT molecular complexity index is 688. The van der Waals surface area contributed by atoms with Crippen molar-refractivity contribution in [1.29, 1.82) is 0 Å².